The number of piperidine rings is 1. The van der Waals surface area contributed by atoms with Crippen LogP contribution in [0.25, 0.3) is 0 Å². The minimum atomic E-state index is -0.144. The number of amides is 2. The van der Waals surface area contributed by atoms with Crippen LogP contribution in [-0.4, -0.2) is 45.8 Å². The Morgan fingerprint density at radius 3 is 2.60 bits per heavy atom. The third kappa shape index (κ3) is 3.66. The van der Waals surface area contributed by atoms with Crippen LogP contribution in [0.5, 0.6) is 0 Å². The standard InChI is InChI=1S/C13H17ClN4O2/c1-2-12(19)17-9-3-5-18(6-4-9)13(20)10-7-16-11(14)8-15-10/h7-9H,2-6H2,1H3,(H,17,19). The molecule has 1 N–H and O–H groups in total. The molecule has 108 valence electrons. The number of nitrogens with zero attached hydrogens (tertiary/aromatic N) is 3. The molecule has 0 bridgehead atoms. The van der Waals surface area contributed by atoms with E-state index in [2.05, 4.69) is 15.3 Å². The highest BCUT2D eigenvalue weighted by atomic mass is 35.5. The lowest BCUT2D eigenvalue weighted by Crippen LogP contribution is -2.46. The smallest absolute Gasteiger partial charge is 0.274 e. The van der Waals surface area contributed by atoms with Gasteiger partial charge in [0.05, 0.1) is 12.4 Å². The van der Waals surface area contributed by atoms with Gasteiger partial charge in [0.15, 0.2) is 0 Å². The molecule has 1 aliphatic rings. The molecule has 1 aliphatic heterocycles. The van der Waals surface area contributed by atoms with Gasteiger partial charge in [-0.2, -0.15) is 0 Å². The highest BCUT2D eigenvalue weighted by molar-refractivity contribution is 6.29. The summed E-state index contributed by atoms with van der Waals surface area (Å²) in [6.45, 7) is 3.04. The number of rotatable bonds is 3. The fraction of sp³-hybridized carbons (Fsp3) is 0.538. The van der Waals surface area contributed by atoms with E-state index in [1.807, 2.05) is 6.92 Å². The molecule has 0 aliphatic carbocycles. The number of hydrogen-bond acceptors (Lipinski definition) is 4. The van der Waals surface area contributed by atoms with Crippen molar-refractivity contribution in [2.24, 2.45) is 0 Å². The number of carbonyl (C=O) groups is 2. The zero-order valence-electron chi connectivity index (χ0n) is 11.3. The molecule has 6 nitrogen and oxygen atoms in total. The van der Waals surface area contributed by atoms with Crippen LogP contribution in [0, 0.1) is 0 Å². The Morgan fingerprint density at radius 1 is 1.35 bits per heavy atom. The van der Waals surface area contributed by atoms with Crippen molar-refractivity contribution in [1.29, 1.82) is 0 Å². The molecule has 0 spiro atoms. The van der Waals surface area contributed by atoms with Crippen molar-refractivity contribution in [3.63, 3.8) is 0 Å². The van der Waals surface area contributed by atoms with Crippen LogP contribution in [0.4, 0.5) is 0 Å². The molecule has 1 fully saturated rings. The van der Waals surface area contributed by atoms with Crippen LogP contribution in [0.3, 0.4) is 0 Å². The zero-order chi connectivity index (χ0) is 14.5. The predicted octanol–water partition coefficient (Wildman–Crippen LogP) is 1.26. The maximum atomic E-state index is 12.2. The highest BCUT2D eigenvalue weighted by Crippen LogP contribution is 2.13. The van der Waals surface area contributed by atoms with E-state index >= 15 is 0 Å². The van der Waals surface area contributed by atoms with Crippen molar-refractivity contribution in [2.45, 2.75) is 32.2 Å². The number of aromatic nitrogens is 2. The van der Waals surface area contributed by atoms with Gasteiger partial charge in [-0.1, -0.05) is 18.5 Å². The molecule has 2 rings (SSSR count). The van der Waals surface area contributed by atoms with E-state index in [4.69, 9.17) is 11.6 Å². The minimum Gasteiger partial charge on any atom is -0.353 e. The van der Waals surface area contributed by atoms with Crippen LogP contribution in [0.1, 0.15) is 36.7 Å². The molecule has 20 heavy (non-hydrogen) atoms. The summed E-state index contributed by atoms with van der Waals surface area (Å²) in [5.74, 6) is -0.0900. The number of nitrogens with one attached hydrogen (secondary N) is 1. The van der Waals surface area contributed by atoms with Crippen molar-refractivity contribution in [3.05, 3.63) is 23.2 Å². The summed E-state index contributed by atoms with van der Waals surface area (Å²) < 4.78 is 0. The van der Waals surface area contributed by atoms with E-state index in [0.29, 0.717) is 25.2 Å². The largest absolute Gasteiger partial charge is 0.353 e. The Hall–Kier alpha value is -1.69. The molecular formula is C13H17ClN4O2. The lowest BCUT2D eigenvalue weighted by atomic mass is 10.0. The fourth-order valence-electron chi connectivity index (χ4n) is 2.14. The second kappa shape index (κ2) is 6.65. The van der Waals surface area contributed by atoms with E-state index < -0.39 is 0 Å². The van der Waals surface area contributed by atoms with Gasteiger partial charge in [0.1, 0.15) is 10.8 Å². The third-order valence-corrected chi connectivity index (χ3v) is 3.50. The van der Waals surface area contributed by atoms with Gasteiger partial charge in [-0.25, -0.2) is 9.97 Å². The Morgan fingerprint density at radius 2 is 2.05 bits per heavy atom. The summed E-state index contributed by atoms with van der Waals surface area (Å²) in [6.07, 6.45) is 4.76. The number of hydrogen-bond donors (Lipinski definition) is 1. The quantitative estimate of drug-likeness (QED) is 0.911. The van der Waals surface area contributed by atoms with Gasteiger partial charge in [0.25, 0.3) is 5.91 Å². The van der Waals surface area contributed by atoms with Crippen LogP contribution in [0.2, 0.25) is 5.15 Å². The first-order chi connectivity index (χ1) is 9.60. The van der Waals surface area contributed by atoms with Crippen LogP contribution >= 0.6 is 11.6 Å². The first-order valence-electron chi connectivity index (χ1n) is 6.66. The summed E-state index contributed by atoms with van der Waals surface area (Å²) in [5, 5.41) is 3.22. The van der Waals surface area contributed by atoms with Gasteiger partial charge in [-0.3, -0.25) is 9.59 Å². The second-order valence-electron chi connectivity index (χ2n) is 4.71. The zero-order valence-corrected chi connectivity index (χ0v) is 12.1. The Labute approximate surface area is 122 Å². The number of carbonyl (C=O) groups excluding carboxylic acids is 2. The first kappa shape index (κ1) is 14.7. The van der Waals surface area contributed by atoms with Crippen LogP contribution < -0.4 is 5.32 Å². The molecule has 1 aromatic rings. The molecule has 7 heteroatoms. The molecule has 0 aromatic carbocycles. The van der Waals surface area contributed by atoms with E-state index in [-0.39, 0.29) is 23.0 Å². The van der Waals surface area contributed by atoms with Crippen molar-refractivity contribution in [1.82, 2.24) is 20.2 Å². The van der Waals surface area contributed by atoms with Crippen molar-refractivity contribution < 1.29 is 9.59 Å². The highest BCUT2D eigenvalue weighted by Gasteiger charge is 2.25. The molecule has 1 saturated heterocycles. The summed E-state index contributed by atoms with van der Waals surface area (Å²) in [4.78, 5) is 33.1. The molecule has 2 amide bonds. The topological polar surface area (TPSA) is 75.2 Å². The SMILES string of the molecule is CCC(=O)NC1CCN(C(=O)c2cnc(Cl)cn2)CC1. The Balaban J connectivity index is 1.88. The van der Waals surface area contributed by atoms with Crippen molar-refractivity contribution in [2.75, 3.05) is 13.1 Å². The predicted molar refractivity (Wildman–Crippen MR) is 74.4 cm³/mol. The van der Waals surface area contributed by atoms with Crippen molar-refractivity contribution >= 4 is 23.4 Å². The fourth-order valence-corrected chi connectivity index (χ4v) is 2.24. The van der Waals surface area contributed by atoms with E-state index in [0.717, 1.165) is 12.8 Å². The molecular weight excluding hydrogens is 280 g/mol. The summed E-state index contributed by atoms with van der Waals surface area (Å²) in [7, 11) is 0. The Kier molecular flexibility index (Phi) is 4.89. The molecule has 0 radical (unpaired) electrons. The average Bonchev–Trinajstić information content (AvgIpc) is 2.48. The lowest BCUT2D eigenvalue weighted by molar-refractivity contribution is -0.121. The van der Waals surface area contributed by atoms with Crippen LogP contribution in [-0.2, 0) is 4.79 Å². The van der Waals surface area contributed by atoms with Gasteiger partial charge < -0.3 is 10.2 Å². The molecule has 1 aromatic heterocycles. The molecule has 2 heterocycles. The molecule has 0 saturated carbocycles. The first-order valence-corrected chi connectivity index (χ1v) is 7.04. The second-order valence-corrected chi connectivity index (χ2v) is 5.10. The number of likely N-dealkylation sites (tertiary alicyclic amines) is 1. The summed E-state index contributed by atoms with van der Waals surface area (Å²) in [6, 6.07) is 0.155. The summed E-state index contributed by atoms with van der Waals surface area (Å²) >= 11 is 5.64. The lowest BCUT2D eigenvalue weighted by Gasteiger charge is -2.32. The van der Waals surface area contributed by atoms with E-state index in [1.54, 1.807) is 4.90 Å². The molecule has 0 atom stereocenters. The van der Waals surface area contributed by atoms with Gasteiger partial charge in [0.2, 0.25) is 5.91 Å². The number of halogens is 1. The normalized spacial score (nSPS) is 16.0. The van der Waals surface area contributed by atoms with Gasteiger partial charge in [-0.15, -0.1) is 0 Å². The van der Waals surface area contributed by atoms with Crippen LogP contribution in [0.15, 0.2) is 12.4 Å². The third-order valence-electron chi connectivity index (χ3n) is 3.31. The summed E-state index contributed by atoms with van der Waals surface area (Å²) in [5.41, 5.74) is 0.297. The van der Waals surface area contributed by atoms with Gasteiger partial charge in [0, 0.05) is 25.6 Å². The van der Waals surface area contributed by atoms with E-state index in [1.165, 1.54) is 12.4 Å². The maximum Gasteiger partial charge on any atom is 0.274 e. The minimum absolute atomic E-state index is 0.0540. The van der Waals surface area contributed by atoms with Crippen molar-refractivity contribution in [3.8, 4) is 0 Å². The monoisotopic (exact) mass is 296 g/mol. The maximum absolute atomic E-state index is 12.2. The average molecular weight is 297 g/mol. The van der Waals surface area contributed by atoms with E-state index in [9.17, 15) is 9.59 Å². The molecule has 0 unspecified atom stereocenters. The van der Waals surface area contributed by atoms with Gasteiger partial charge in [-0.05, 0) is 12.8 Å². The van der Waals surface area contributed by atoms with Gasteiger partial charge >= 0.3 is 0 Å². The Bertz CT molecular complexity index is 484.